The van der Waals surface area contributed by atoms with Crippen LogP contribution in [-0.2, 0) is 4.79 Å². The van der Waals surface area contributed by atoms with Crippen LogP contribution in [0.3, 0.4) is 0 Å². The van der Waals surface area contributed by atoms with Crippen LogP contribution in [0, 0.1) is 12.8 Å². The summed E-state index contributed by atoms with van der Waals surface area (Å²) in [6, 6.07) is 13.1. The summed E-state index contributed by atoms with van der Waals surface area (Å²) in [6.07, 6.45) is 1.27. The van der Waals surface area contributed by atoms with E-state index in [0.29, 0.717) is 42.6 Å². The number of nitrogens with zero attached hydrogens (tertiary/aromatic N) is 2. The Bertz CT molecular complexity index is 1150. The molecule has 1 saturated heterocycles. The number of ether oxygens (including phenoxy) is 2. The molecule has 2 amide bonds. The van der Waals surface area contributed by atoms with Gasteiger partial charge in [0.1, 0.15) is 11.5 Å². The van der Waals surface area contributed by atoms with Crippen LogP contribution in [0.5, 0.6) is 11.5 Å². The number of hydrogen-bond acceptors (Lipinski definition) is 6. The van der Waals surface area contributed by atoms with E-state index in [2.05, 4.69) is 10.3 Å². The zero-order valence-electron chi connectivity index (χ0n) is 19.0. The molecule has 2 aromatic carbocycles. The number of aryl methyl sites for hydroxylation is 1. The van der Waals surface area contributed by atoms with E-state index in [4.69, 9.17) is 9.47 Å². The number of nitrogens with one attached hydrogen (secondary N) is 1. The van der Waals surface area contributed by atoms with Gasteiger partial charge < -0.3 is 19.7 Å². The average Bonchev–Trinajstić information content (AvgIpc) is 3.31. The van der Waals surface area contributed by atoms with Gasteiger partial charge in [-0.15, -0.1) is 11.3 Å². The zero-order valence-corrected chi connectivity index (χ0v) is 19.8. The minimum absolute atomic E-state index is 0.0324. The quantitative estimate of drug-likeness (QED) is 0.574. The third-order valence-corrected chi connectivity index (χ3v) is 6.71. The molecule has 33 heavy (non-hydrogen) atoms. The minimum Gasteiger partial charge on any atom is -0.497 e. The molecule has 172 valence electrons. The summed E-state index contributed by atoms with van der Waals surface area (Å²) in [6.45, 7) is 3.08. The topological polar surface area (TPSA) is 80.8 Å². The van der Waals surface area contributed by atoms with Crippen LogP contribution in [-0.4, -0.2) is 49.0 Å². The molecule has 0 spiro atoms. The second-order valence-electron chi connectivity index (χ2n) is 7.97. The molecule has 0 bridgehead atoms. The van der Waals surface area contributed by atoms with Gasteiger partial charge in [0.2, 0.25) is 5.91 Å². The maximum absolute atomic E-state index is 12.8. The molecule has 0 radical (unpaired) electrons. The first-order chi connectivity index (χ1) is 16.0. The highest BCUT2D eigenvalue weighted by molar-refractivity contribution is 7.14. The summed E-state index contributed by atoms with van der Waals surface area (Å²) in [7, 11) is 3.21. The van der Waals surface area contributed by atoms with Crippen molar-refractivity contribution in [1.29, 1.82) is 0 Å². The Morgan fingerprint density at radius 2 is 1.85 bits per heavy atom. The molecule has 4 rings (SSSR count). The van der Waals surface area contributed by atoms with Gasteiger partial charge in [-0.2, -0.15) is 0 Å². The van der Waals surface area contributed by atoms with Crippen LogP contribution in [0.4, 0.5) is 5.13 Å². The van der Waals surface area contributed by atoms with E-state index in [1.54, 1.807) is 20.3 Å². The van der Waals surface area contributed by atoms with Crippen molar-refractivity contribution in [2.45, 2.75) is 19.8 Å². The van der Waals surface area contributed by atoms with Gasteiger partial charge in [-0.1, -0.05) is 18.2 Å². The predicted octanol–water partition coefficient (Wildman–Crippen LogP) is 4.63. The van der Waals surface area contributed by atoms with Crippen LogP contribution in [0.2, 0.25) is 0 Å². The number of carbonyl (C=O) groups excluding carboxylic acids is 2. The van der Waals surface area contributed by atoms with Gasteiger partial charge in [0.05, 0.1) is 19.9 Å². The predicted molar refractivity (Wildman–Crippen MR) is 129 cm³/mol. The van der Waals surface area contributed by atoms with Gasteiger partial charge in [-0.25, -0.2) is 4.98 Å². The standard InChI is InChI=1S/C25H27N3O4S/c1-16-6-4-5-7-19(16)24(30)28-12-10-17(11-13-28)23(29)27-25-26-21(15-33-25)20-9-8-18(31-2)14-22(20)32-3/h4-9,14-15,17H,10-13H2,1-3H3,(H,26,27,29). The van der Waals surface area contributed by atoms with E-state index in [-0.39, 0.29) is 17.7 Å². The van der Waals surface area contributed by atoms with Crippen molar-refractivity contribution in [3.8, 4) is 22.8 Å². The number of methoxy groups -OCH3 is 2. The van der Waals surface area contributed by atoms with Gasteiger partial charge in [-0.3, -0.25) is 9.59 Å². The van der Waals surface area contributed by atoms with Gasteiger partial charge in [0.15, 0.2) is 5.13 Å². The number of benzene rings is 2. The maximum Gasteiger partial charge on any atom is 0.254 e. The molecular formula is C25H27N3O4S. The molecule has 1 aliphatic heterocycles. The van der Waals surface area contributed by atoms with Crippen molar-refractivity contribution >= 4 is 28.3 Å². The summed E-state index contributed by atoms with van der Waals surface area (Å²) < 4.78 is 10.7. The summed E-state index contributed by atoms with van der Waals surface area (Å²) in [4.78, 5) is 32.1. The molecule has 1 fully saturated rings. The lowest BCUT2D eigenvalue weighted by Crippen LogP contribution is -2.41. The molecule has 0 unspecified atom stereocenters. The molecule has 1 N–H and O–H groups in total. The molecular weight excluding hydrogens is 438 g/mol. The maximum atomic E-state index is 12.8. The first-order valence-corrected chi connectivity index (χ1v) is 11.7. The van der Waals surface area contributed by atoms with Gasteiger partial charge >= 0.3 is 0 Å². The summed E-state index contributed by atoms with van der Waals surface area (Å²) in [5, 5.41) is 5.39. The number of amides is 2. The van der Waals surface area contributed by atoms with E-state index >= 15 is 0 Å². The van der Waals surface area contributed by atoms with Crippen LogP contribution in [0.15, 0.2) is 47.8 Å². The van der Waals surface area contributed by atoms with Crippen molar-refractivity contribution < 1.29 is 19.1 Å². The Hall–Kier alpha value is -3.39. The molecule has 0 aliphatic carbocycles. The summed E-state index contributed by atoms with van der Waals surface area (Å²) in [5.41, 5.74) is 3.26. The number of piperidine rings is 1. The van der Waals surface area contributed by atoms with Crippen molar-refractivity contribution in [3.63, 3.8) is 0 Å². The lowest BCUT2D eigenvalue weighted by molar-refractivity contribution is -0.121. The van der Waals surface area contributed by atoms with Gasteiger partial charge in [0.25, 0.3) is 5.91 Å². The largest absolute Gasteiger partial charge is 0.497 e. The smallest absolute Gasteiger partial charge is 0.254 e. The monoisotopic (exact) mass is 465 g/mol. The second-order valence-corrected chi connectivity index (χ2v) is 8.83. The molecule has 8 heteroatoms. The van der Waals surface area contributed by atoms with Crippen molar-refractivity contribution in [3.05, 3.63) is 59.0 Å². The molecule has 7 nitrogen and oxygen atoms in total. The highest BCUT2D eigenvalue weighted by atomic mass is 32.1. The lowest BCUT2D eigenvalue weighted by atomic mass is 9.95. The number of hydrogen-bond donors (Lipinski definition) is 1. The summed E-state index contributed by atoms with van der Waals surface area (Å²) in [5.74, 6) is 1.19. The fourth-order valence-corrected chi connectivity index (χ4v) is 4.71. The van der Waals surface area contributed by atoms with Crippen LogP contribution in [0.25, 0.3) is 11.3 Å². The van der Waals surface area contributed by atoms with Crippen molar-refractivity contribution in [2.24, 2.45) is 5.92 Å². The Balaban J connectivity index is 1.36. The highest BCUT2D eigenvalue weighted by Crippen LogP contribution is 2.35. The SMILES string of the molecule is COc1ccc(-c2csc(NC(=O)C3CCN(C(=O)c4ccccc4C)CC3)n2)c(OC)c1. The van der Waals surface area contributed by atoms with Gasteiger partial charge in [0, 0.05) is 41.6 Å². The first-order valence-electron chi connectivity index (χ1n) is 10.8. The molecule has 1 aliphatic rings. The average molecular weight is 466 g/mol. The molecule has 2 heterocycles. The summed E-state index contributed by atoms with van der Waals surface area (Å²) >= 11 is 1.38. The third-order valence-electron chi connectivity index (χ3n) is 5.95. The number of carbonyl (C=O) groups is 2. The fourth-order valence-electron chi connectivity index (χ4n) is 4.00. The first kappa shape index (κ1) is 22.8. The second kappa shape index (κ2) is 10.0. The third kappa shape index (κ3) is 5.01. The van der Waals surface area contributed by atoms with Crippen LogP contribution < -0.4 is 14.8 Å². The number of likely N-dealkylation sites (tertiary alicyclic amines) is 1. The number of aromatic nitrogens is 1. The van der Waals surface area contributed by atoms with Crippen molar-refractivity contribution in [2.75, 3.05) is 32.6 Å². The van der Waals surface area contributed by atoms with Gasteiger partial charge in [-0.05, 0) is 43.5 Å². The number of anilines is 1. The lowest BCUT2D eigenvalue weighted by Gasteiger charge is -2.31. The fraction of sp³-hybridized carbons (Fsp3) is 0.320. The Morgan fingerprint density at radius 1 is 1.09 bits per heavy atom. The Morgan fingerprint density at radius 3 is 2.55 bits per heavy atom. The zero-order chi connectivity index (χ0) is 23.4. The van der Waals surface area contributed by atoms with E-state index in [9.17, 15) is 9.59 Å². The number of rotatable bonds is 6. The Kier molecular flexibility index (Phi) is 6.93. The van der Waals surface area contributed by atoms with E-state index in [1.165, 1.54) is 11.3 Å². The molecule has 3 aromatic rings. The van der Waals surface area contributed by atoms with Crippen molar-refractivity contribution in [1.82, 2.24) is 9.88 Å². The minimum atomic E-state index is -0.145. The van der Waals surface area contributed by atoms with Crippen LogP contribution >= 0.6 is 11.3 Å². The normalized spacial score (nSPS) is 14.1. The van der Waals surface area contributed by atoms with Crippen LogP contribution in [0.1, 0.15) is 28.8 Å². The molecule has 0 saturated carbocycles. The Labute approximate surface area is 197 Å². The number of thiazole rings is 1. The van der Waals surface area contributed by atoms with E-state index in [1.807, 2.05) is 53.6 Å². The van der Waals surface area contributed by atoms with E-state index in [0.717, 1.165) is 22.4 Å². The molecule has 0 atom stereocenters. The highest BCUT2D eigenvalue weighted by Gasteiger charge is 2.28. The molecule has 1 aromatic heterocycles. The van der Waals surface area contributed by atoms with E-state index < -0.39 is 0 Å².